The van der Waals surface area contributed by atoms with Gasteiger partial charge < -0.3 is 15.7 Å². The van der Waals surface area contributed by atoms with Crippen molar-refractivity contribution in [2.45, 2.75) is 32.9 Å². The Morgan fingerprint density at radius 2 is 1.85 bits per heavy atom. The molecule has 20 heavy (non-hydrogen) atoms. The molecule has 0 aliphatic carbocycles. The Kier molecular flexibility index (Phi) is 3.56. The number of primary amides is 1. The van der Waals surface area contributed by atoms with Crippen molar-refractivity contribution in [3.63, 3.8) is 0 Å². The van der Waals surface area contributed by atoms with E-state index in [4.69, 9.17) is 5.73 Å². The lowest BCUT2D eigenvalue weighted by Crippen LogP contribution is -2.60. The number of benzene rings is 1. The van der Waals surface area contributed by atoms with Gasteiger partial charge in [-0.2, -0.15) is 0 Å². The molecule has 5 nitrogen and oxygen atoms in total. The molecule has 2 atom stereocenters. The van der Waals surface area contributed by atoms with Crippen LogP contribution in [0.2, 0.25) is 0 Å². The van der Waals surface area contributed by atoms with E-state index < -0.39 is 12.0 Å². The number of β-lactam (4-membered cyclic amide) rings is 1. The first kappa shape index (κ1) is 14.5. The number of hydrogen-bond acceptors (Lipinski definition) is 3. The normalized spacial score (nSPS) is 22.6. The van der Waals surface area contributed by atoms with E-state index >= 15 is 0 Å². The zero-order chi connectivity index (χ0) is 15.1. The van der Waals surface area contributed by atoms with E-state index in [1.807, 2.05) is 20.8 Å². The van der Waals surface area contributed by atoms with Crippen LogP contribution >= 0.6 is 0 Å². The number of aliphatic hydroxyl groups is 1. The van der Waals surface area contributed by atoms with E-state index in [1.54, 1.807) is 29.2 Å². The van der Waals surface area contributed by atoms with Crippen molar-refractivity contribution in [2.24, 2.45) is 11.1 Å². The molecule has 1 aliphatic heterocycles. The fourth-order valence-electron chi connectivity index (χ4n) is 2.42. The molecule has 1 aromatic rings. The van der Waals surface area contributed by atoms with Gasteiger partial charge in [0.05, 0.1) is 6.04 Å². The molecule has 1 heterocycles. The van der Waals surface area contributed by atoms with Crippen LogP contribution in [-0.4, -0.2) is 34.5 Å². The molecule has 1 fully saturated rings. The first-order chi connectivity index (χ1) is 9.20. The highest BCUT2D eigenvalue weighted by molar-refractivity contribution is 5.93. The molecule has 3 N–H and O–H groups in total. The second-order valence-electron chi connectivity index (χ2n) is 6.40. The van der Waals surface area contributed by atoms with Gasteiger partial charge in [-0.05, 0) is 23.1 Å². The highest BCUT2D eigenvalue weighted by Crippen LogP contribution is 2.37. The van der Waals surface area contributed by atoms with Gasteiger partial charge in [0.2, 0.25) is 5.91 Å². The fraction of sp³-hybridized carbons (Fsp3) is 0.467. The van der Waals surface area contributed by atoms with Gasteiger partial charge in [-0.25, -0.2) is 0 Å². The molecule has 2 rings (SSSR count). The van der Waals surface area contributed by atoms with Gasteiger partial charge in [0, 0.05) is 12.1 Å². The number of rotatable bonds is 3. The van der Waals surface area contributed by atoms with Crippen molar-refractivity contribution in [2.75, 3.05) is 6.54 Å². The molecule has 2 amide bonds. The van der Waals surface area contributed by atoms with Crippen LogP contribution in [0, 0.1) is 5.41 Å². The molecular formula is C15H20N2O3. The molecule has 1 aromatic carbocycles. The zero-order valence-electron chi connectivity index (χ0n) is 12.0. The highest BCUT2D eigenvalue weighted by atomic mass is 16.3. The Hall–Kier alpha value is -1.88. The minimum atomic E-state index is -1.00. The summed E-state index contributed by atoms with van der Waals surface area (Å²) in [5.74, 6) is -0.739. The lowest BCUT2D eigenvalue weighted by molar-refractivity contribution is -0.170. The summed E-state index contributed by atoms with van der Waals surface area (Å²) in [5, 5.41) is 9.89. The van der Waals surface area contributed by atoms with Crippen LogP contribution in [0.25, 0.3) is 0 Å². The number of nitrogens with zero attached hydrogens (tertiary/aromatic N) is 1. The van der Waals surface area contributed by atoms with Gasteiger partial charge in [0.25, 0.3) is 5.91 Å². The van der Waals surface area contributed by atoms with Crippen LogP contribution in [0.15, 0.2) is 24.3 Å². The number of carbonyl (C=O) groups excluding carboxylic acids is 2. The molecule has 1 aliphatic rings. The molecule has 108 valence electrons. The highest BCUT2D eigenvalue weighted by Gasteiger charge is 2.47. The average Bonchev–Trinajstić information content (AvgIpc) is 2.37. The Labute approximate surface area is 118 Å². The Morgan fingerprint density at radius 1 is 1.30 bits per heavy atom. The van der Waals surface area contributed by atoms with Crippen LogP contribution < -0.4 is 5.73 Å². The van der Waals surface area contributed by atoms with Gasteiger partial charge in [0.1, 0.15) is 0 Å². The first-order valence-corrected chi connectivity index (χ1v) is 6.59. The Morgan fingerprint density at radius 3 is 2.30 bits per heavy atom. The Bertz CT molecular complexity index is 531. The second kappa shape index (κ2) is 4.90. The molecule has 2 unspecified atom stereocenters. The third kappa shape index (κ3) is 2.67. The zero-order valence-corrected chi connectivity index (χ0v) is 12.0. The monoisotopic (exact) mass is 276 g/mol. The third-order valence-electron chi connectivity index (χ3n) is 3.35. The number of nitrogens with two attached hydrogens (primary N) is 1. The maximum absolute atomic E-state index is 11.8. The number of hydrogen-bond donors (Lipinski definition) is 2. The van der Waals surface area contributed by atoms with Crippen molar-refractivity contribution in [3.05, 3.63) is 35.4 Å². The summed E-state index contributed by atoms with van der Waals surface area (Å²) < 4.78 is 0. The SMILES string of the molecule is CC(C)(C)CN1C(=O)C(O)C1c1ccc(C(N)=O)cc1. The summed E-state index contributed by atoms with van der Waals surface area (Å²) in [6.07, 6.45) is -1.00. The van der Waals surface area contributed by atoms with Crippen molar-refractivity contribution in [1.29, 1.82) is 0 Å². The number of likely N-dealkylation sites (tertiary alicyclic amines) is 1. The van der Waals surface area contributed by atoms with Gasteiger partial charge >= 0.3 is 0 Å². The van der Waals surface area contributed by atoms with E-state index in [2.05, 4.69) is 0 Å². The number of carbonyl (C=O) groups is 2. The van der Waals surface area contributed by atoms with E-state index in [0.29, 0.717) is 12.1 Å². The maximum Gasteiger partial charge on any atom is 0.254 e. The fourth-order valence-corrected chi connectivity index (χ4v) is 2.42. The van der Waals surface area contributed by atoms with Gasteiger partial charge in [-0.1, -0.05) is 32.9 Å². The molecular weight excluding hydrogens is 256 g/mol. The lowest BCUT2D eigenvalue weighted by Gasteiger charge is -2.47. The van der Waals surface area contributed by atoms with Crippen LogP contribution in [0.3, 0.4) is 0 Å². The summed E-state index contributed by atoms with van der Waals surface area (Å²) in [4.78, 5) is 24.5. The van der Waals surface area contributed by atoms with E-state index in [9.17, 15) is 14.7 Å². The van der Waals surface area contributed by atoms with Crippen LogP contribution in [0.5, 0.6) is 0 Å². The first-order valence-electron chi connectivity index (χ1n) is 6.59. The maximum atomic E-state index is 11.8. The molecule has 1 saturated heterocycles. The molecule has 0 bridgehead atoms. The van der Waals surface area contributed by atoms with E-state index in [0.717, 1.165) is 5.56 Å². The molecule has 0 radical (unpaired) electrons. The van der Waals surface area contributed by atoms with Crippen LogP contribution in [-0.2, 0) is 4.79 Å². The van der Waals surface area contributed by atoms with Gasteiger partial charge in [-0.3, -0.25) is 9.59 Å². The average molecular weight is 276 g/mol. The summed E-state index contributed by atoms with van der Waals surface area (Å²) in [6, 6.07) is 6.35. The minimum absolute atomic E-state index is 0.0405. The summed E-state index contributed by atoms with van der Waals surface area (Å²) in [5.41, 5.74) is 6.38. The van der Waals surface area contributed by atoms with E-state index in [1.165, 1.54) is 0 Å². The number of amides is 2. The topological polar surface area (TPSA) is 83.6 Å². The molecule has 0 saturated carbocycles. The van der Waals surface area contributed by atoms with Crippen LogP contribution in [0.4, 0.5) is 0 Å². The predicted molar refractivity (Wildman–Crippen MR) is 74.9 cm³/mol. The quantitative estimate of drug-likeness (QED) is 0.810. The second-order valence-corrected chi connectivity index (χ2v) is 6.40. The Balaban J connectivity index is 2.21. The van der Waals surface area contributed by atoms with Crippen molar-refractivity contribution >= 4 is 11.8 Å². The molecule has 0 aromatic heterocycles. The van der Waals surface area contributed by atoms with Crippen molar-refractivity contribution in [3.8, 4) is 0 Å². The standard InChI is InChI=1S/C15H20N2O3/c1-15(2,3)8-17-11(12(18)14(17)20)9-4-6-10(7-5-9)13(16)19/h4-7,11-12,18H,8H2,1-3H3,(H2,16,19). The lowest BCUT2D eigenvalue weighted by atomic mass is 9.86. The smallest absolute Gasteiger partial charge is 0.254 e. The van der Waals surface area contributed by atoms with Gasteiger partial charge in [-0.15, -0.1) is 0 Å². The number of aliphatic hydroxyl groups excluding tert-OH is 1. The van der Waals surface area contributed by atoms with E-state index in [-0.39, 0.29) is 17.4 Å². The van der Waals surface area contributed by atoms with Crippen LogP contribution in [0.1, 0.15) is 42.7 Å². The molecule has 5 heteroatoms. The summed E-state index contributed by atoms with van der Waals surface area (Å²) >= 11 is 0. The molecule has 0 spiro atoms. The van der Waals surface area contributed by atoms with Gasteiger partial charge in [0.15, 0.2) is 6.10 Å². The third-order valence-corrected chi connectivity index (χ3v) is 3.35. The van der Waals surface area contributed by atoms with Crippen molar-refractivity contribution in [1.82, 2.24) is 4.90 Å². The summed E-state index contributed by atoms with van der Waals surface area (Å²) in [6.45, 7) is 6.69. The van der Waals surface area contributed by atoms with Crippen molar-refractivity contribution < 1.29 is 14.7 Å². The predicted octanol–water partition coefficient (Wildman–Crippen LogP) is 1.08. The summed E-state index contributed by atoms with van der Waals surface area (Å²) in [7, 11) is 0. The minimum Gasteiger partial charge on any atom is -0.381 e. The largest absolute Gasteiger partial charge is 0.381 e.